The van der Waals surface area contributed by atoms with Gasteiger partial charge >= 0.3 is 0 Å². The molecule has 2 aromatic rings. The van der Waals surface area contributed by atoms with Crippen LogP contribution in [0.5, 0.6) is 11.5 Å². The first-order valence-corrected chi connectivity index (χ1v) is 12.4. The normalized spacial score (nSPS) is 16.6. The largest absolute Gasteiger partial charge is 0.494 e. The second-order valence-electron chi connectivity index (χ2n) is 8.57. The van der Waals surface area contributed by atoms with Gasteiger partial charge in [-0.05, 0) is 74.2 Å². The van der Waals surface area contributed by atoms with Crippen LogP contribution < -0.4 is 14.8 Å². The van der Waals surface area contributed by atoms with E-state index in [9.17, 15) is 4.79 Å². The minimum atomic E-state index is -0.810. The molecule has 0 unspecified atom stereocenters. The molecule has 4 rings (SSSR count). The molecule has 2 aliphatic rings. The fourth-order valence-electron chi connectivity index (χ4n) is 4.39. The van der Waals surface area contributed by atoms with Crippen LogP contribution in [0.3, 0.4) is 0 Å². The minimum absolute atomic E-state index is 0.0934. The van der Waals surface area contributed by atoms with Crippen molar-refractivity contribution in [3.8, 4) is 11.5 Å². The lowest BCUT2D eigenvalue weighted by atomic mass is 9.78. The lowest BCUT2D eigenvalue weighted by molar-refractivity contribution is -0.115. The van der Waals surface area contributed by atoms with Crippen molar-refractivity contribution >= 4 is 34.8 Å². The summed E-state index contributed by atoms with van der Waals surface area (Å²) in [6.45, 7) is 2.49. The highest BCUT2D eigenvalue weighted by atomic mass is 35.5. The van der Waals surface area contributed by atoms with E-state index >= 15 is 4.39 Å². The minimum Gasteiger partial charge on any atom is -0.494 e. The molecule has 0 saturated heterocycles. The lowest BCUT2D eigenvalue weighted by Gasteiger charge is -2.39. The van der Waals surface area contributed by atoms with Gasteiger partial charge in [-0.3, -0.25) is 4.79 Å². The first-order chi connectivity index (χ1) is 16.9. The summed E-state index contributed by atoms with van der Waals surface area (Å²) in [5.74, 6) is 0.0307. The molecule has 182 valence electrons. The van der Waals surface area contributed by atoms with Crippen LogP contribution in [-0.2, 0) is 11.2 Å². The standard InChI is InChI=1S/C28H26Cl2FNO3/c1-2-34-22-10-6-19(7-11-22)16-27(33)32-21-9-13-26(25(31)18-21)35-28(14-4-3-5-15-28)23-12-8-20(29)17-24(23)30/h6-7,9-11,13,17-18H,2-5,14-16H2,1H3,(H,32,33). The van der Waals surface area contributed by atoms with Gasteiger partial charge in [-0.1, -0.05) is 47.5 Å². The molecular formula is C28H26Cl2FNO3. The van der Waals surface area contributed by atoms with Gasteiger partial charge in [-0.15, -0.1) is 0 Å². The molecule has 35 heavy (non-hydrogen) atoms. The molecule has 1 fully saturated rings. The van der Waals surface area contributed by atoms with E-state index in [0.29, 0.717) is 40.8 Å². The van der Waals surface area contributed by atoms with Gasteiger partial charge in [-0.2, -0.15) is 0 Å². The molecule has 0 aromatic heterocycles. The van der Waals surface area contributed by atoms with E-state index in [4.69, 9.17) is 32.7 Å². The van der Waals surface area contributed by atoms with Crippen LogP contribution in [0.1, 0.15) is 44.6 Å². The number of rotatable bonds is 8. The number of hydrogen-bond acceptors (Lipinski definition) is 3. The van der Waals surface area contributed by atoms with E-state index < -0.39 is 11.4 Å². The zero-order valence-corrected chi connectivity index (χ0v) is 20.9. The predicted molar refractivity (Wildman–Crippen MR) is 137 cm³/mol. The van der Waals surface area contributed by atoms with Gasteiger partial charge in [0.15, 0.2) is 11.6 Å². The van der Waals surface area contributed by atoms with Gasteiger partial charge in [0.1, 0.15) is 11.4 Å². The number of benzene rings is 2. The molecule has 0 radical (unpaired) electrons. The monoisotopic (exact) mass is 513 g/mol. The molecule has 2 aliphatic carbocycles. The number of hydrogen-bond donors (Lipinski definition) is 1. The van der Waals surface area contributed by atoms with Gasteiger partial charge in [-0.25, -0.2) is 4.39 Å². The Hall–Kier alpha value is -2.94. The van der Waals surface area contributed by atoms with Crippen LogP contribution in [0.25, 0.3) is 0 Å². The van der Waals surface area contributed by atoms with Crippen LogP contribution in [0.4, 0.5) is 10.1 Å². The van der Waals surface area contributed by atoms with E-state index in [0.717, 1.165) is 30.6 Å². The highest BCUT2D eigenvalue weighted by Gasteiger charge is 2.41. The predicted octanol–water partition coefficient (Wildman–Crippen LogP) is 7.43. The Morgan fingerprint density at radius 2 is 1.83 bits per heavy atom. The van der Waals surface area contributed by atoms with Gasteiger partial charge < -0.3 is 14.8 Å². The summed E-state index contributed by atoms with van der Waals surface area (Å²) in [5.41, 5.74) is 6.89. The summed E-state index contributed by atoms with van der Waals surface area (Å²) >= 11 is 12.5. The Morgan fingerprint density at radius 1 is 1.09 bits per heavy atom. The van der Waals surface area contributed by atoms with Crippen LogP contribution >= 0.6 is 23.2 Å². The maximum Gasteiger partial charge on any atom is 0.228 e. The molecule has 0 aliphatic heterocycles. The number of carbonyl (C=O) groups excluding carboxylic acids is 1. The van der Waals surface area contributed by atoms with Crippen LogP contribution in [-0.4, -0.2) is 18.1 Å². The fourth-order valence-corrected chi connectivity index (χ4v) is 4.93. The van der Waals surface area contributed by atoms with Crippen molar-refractivity contribution in [1.82, 2.24) is 0 Å². The summed E-state index contributed by atoms with van der Waals surface area (Å²) < 4.78 is 26.8. The van der Waals surface area contributed by atoms with Gasteiger partial charge in [0.25, 0.3) is 0 Å². The number of allylic oxidation sites excluding steroid dienone is 2. The molecule has 2 aromatic carbocycles. The maximum absolute atomic E-state index is 15.1. The van der Waals surface area contributed by atoms with E-state index in [1.165, 1.54) is 12.1 Å². The van der Waals surface area contributed by atoms with Crippen molar-refractivity contribution in [2.45, 2.75) is 51.0 Å². The molecule has 1 amide bonds. The molecule has 1 saturated carbocycles. The van der Waals surface area contributed by atoms with Crippen molar-refractivity contribution in [3.05, 3.63) is 87.0 Å². The second-order valence-corrected chi connectivity index (χ2v) is 9.38. The summed E-state index contributed by atoms with van der Waals surface area (Å²) in [5, 5.41) is 3.53. The van der Waals surface area contributed by atoms with Gasteiger partial charge in [0, 0.05) is 11.8 Å². The third kappa shape index (κ3) is 6.20. The van der Waals surface area contributed by atoms with Crippen molar-refractivity contribution in [3.63, 3.8) is 0 Å². The molecular weight excluding hydrogens is 488 g/mol. The Kier molecular flexibility index (Phi) is 8.05. The van der Waals surface area contributed by atoms with E-state index in [1.54, 1.807) is 12.1 Å². The molecule has 4 nitrogen and oxygen atoms in total. The number of anilines is 1. The zero-order valence-electron chi connectivity index (χ0n) is 19.4. The lowest BCUT2D eigenvalue weighted by Crippen LogP contribution is -2.40. The van der Waals surface area contributed by atoms with E-state index in [-0.39, 0.29) is 18.1 Å². The average molecular weight is 514 g/mol. The Morgan fingerprint density at radius 3 is 2.49 bits per heavy atom. The number of amides is 1. The third-order valence-electron chi connectivity index (χ3n) is 6.04. The quantitative estimate of drug-likeness (QED) is 0.373. The Labute approximate surface area is 214 Å². The molecule has 0 bridgehead atoms. The molecule has 0 heterocycles. The summed E-state index contributed by atoms with van der Waals surface area (Å²) in [7, 11) is 0. The summed E-state index contributed by atoms with van der Waals surface area (Å²) in [4.78, 5) is 12.5. The molecule has 7 heteroatoms. The number of ether oxygens (including phenoxy) is 2. The van der Waals surface area contributed by atoms with Crippen molar-refractivity contribution in [1.29, 1.82) is 0 Å². The molecule has 1 N–H and O–H groups in total. The van der Waals surface area contributed by atoms with Gasteiger partial charge in [0.2, 0.25) is 5.91 Å². The topological polar surface area (TPSA) is 47.6 Å². The maximum atomic E-state index is 15.1. The summed E-state index contributed by atoms with van der Waals surface area (Å²) in [6.07, 6.45) is 6.05. The van der Waals surface area contributed by atoms with Crippen LogP contribution in [0.2, 0.25) is 0 Å². The molecule has 0 spiro atoms. The van der Waals surface area contributed by atoms with Crippen LogP contribution in [0, 0.1) is 5.82 Å². The van der Waals surface area contributed by atoms with E-state index in [1.807, 2.05) is 31.2 Å². The van der Waals surface area contributed by atoms with Crippen molar-refractivity contribution in [2.75, 3.05) is 11.9 Å². The smallest absolute Gasteiger partial charge is 0.228 e. The Bertz CT molecular complexity index is 1230. The van der Waals surface area contributed by atoms with Crippen molar-refractivity contribution in [2.24, 2.45) is 0 Å². The molecule has 0 atom stereocenters. The highest BCUT2D eigenvalue weighted by Crippen LogP contribution is 2.43. The SMILES string of the molecule is CCOc1ccc(CC(=O)Nc2ccc(OC3(C4=C=C=C(Cl)C=C4Cl)CCCCC3)c(F)c2)cc1. The Balaban J connectivity index is 1.48. The fraction of sp³-hybridized carbons (Fsp3) is 0.321. The first-order valence-electron chi connectivity index (χ1n) is 11.7. The van der Waals surface area contributed by atoms with Crippen molar-refractivity contribution < 1.29 is 18.7 Å². The highest BCUT2D eigenvalue weighted by molar-refractivity contribution is 6.36. The van der Waals surface area contributed by atoms with Crippen LogP contribution in [0.15, 0.2) is 75.6 Å². The number of carbonyl (C=O) groups is 1. The number of halogens is 3. The van der Waals surface area contributed by atoms with E-state index in [2.05, 4.69) is 16.8 Å². The average Bonchev–Trinajstić information content (AvgIpc) is 2.83. The first kappa shape index (κ1) is 25.2. The number of nitrogens with one attached hydrogen (secondary N) is 1. The third-order valence-corrected chi connectivity index (χ3v) is 6.54. The second kappa shape index (κ2) is 11.2. The van der Waals surface area contributed by atoms with Gasteiger partial charge in [0.05, 0.1) is 28.7 Å². The summed E-state index contributed by atoms with van der Waals surface area (Å²) in [6, 6.07) is 11.7. The zero-order chi connectivity index (χ0) is 24.8.